The van der Waals surface area contributed by atoms with Crippen LogP contribution in [0.5, 0.6) is 0 Å². The van der Waals surface area contributed by atoms with Gasteiger partial charge in [-0.3, -0.25) is 9.59 Å². The van der Waals surface area contributed by atoms with Gasteiger partial charge >= 0.3 is 0 Å². The van der Waals surface area contributed by atoms with Gasteiger partial charge in [-0.05, 0) is 25.0 Å². The van der Waals surface area contributed by atoms with Gasteiger partial charge in [0.2, 0.25) is 0 Å². The molecule has 25 heavy (non-hydrogen) atoms. The van der Waals surface area contributed by atoms with Crippen LogP contribution in [0.25, 0.3) is 16.6 Å². The SMILES string of the molecule is COCCn1c(=O)c2cc(C(=O)N3CCCC3)nn2c2ccccc21. The van der Waals surface area contributed by atoms with Gasteiger partial charge in [0.25, 0.3) is 11.5 Å². The Hall–Kier alpha value is -2.67. The molecule has 130 valence electrons. The Morgan fingerprint density at radius 1 is 1.16 bits per heavy atom. The first kappa shape index (κ1) is 15.8. The highest BCUT2D eigenvalue weighted by Gasteiger charge is 2.23. The van der Waals surface area contributed by atoms with Gasteiger partial charge in [-0.2, -0.15) is 5.10 Å². The molecular formula is C18H20N4O3. The first-order valence-corrected chi connectivity index (χ1v) is 8.50. The van der Waals surface area contributed by atoms with E-state index in [-0.39, 0.29) is 11.5 Å². The van der Waals surface area contributed by atoms with Gasteiger partial charge < -0.3 is 14.2 Å². The molecule has 3 heterocycles. The lowest BCUT2D eigenvalue weighted by Crippen LogP contribution is -2.27. The number of fused-ring (bicyclic) bond motifs is 3. The molecule has 0 N–H and O–H groups in total. The zero-order valence-corrected chi connectivity index (χ0v) is 14.1. The summed E-state index contributed by atoms with van der Waals surface area (Å²) in [5.74, 6) is -0.104. The van der Waals surface area contributed by atoms with Crippen LogP contribution in [0.4, 0.5) is 0 Å². The summed E-state index contributed by atoms with van der Waals surface area (Å²) in [4.78, 5) is 27.4. The Labute approximate surface area is 144 Å². The molecule has 1 amide bonds. The van der Waals surface area contributed by atoms with E-state index in [9.17, 15) is 9.59 Å². The summed E-state index contributed by atoms with van der Waals surface area (Å²) in [5.41, 5.74) is 2.16. The molecule has 1 saturated heterocycles. The third kappa shape index (κ3) is 2.60. The van der Waals surface area contributed by atoms with Crippen LogP contribution in [0.15, 0.2) is 35.1 Å². The highest BCUT2D eigenvalue weighted by Crippen LogP contribution is 2.17. The van der Waals surface area contributed by atoms with E-state index in [0.29, 0.717) is 24.4 Å². The molecule has 0 radical (unpaired) electrons. The Balaban J connectivity index is 1.91. The summed E-state index contributed by atoms with van der Waals surface area (Å²) in [6.07, 6.45) is 2.04. The van der Waals surface area contributed by atoms with Gasteiger partial charge in [-0.1, -0.05) is 12.1 Å². The molecule has 7 nitrogen and oxygen atoms in total. The Bertz CT molecular complexity index is 999. The average Bonchev–Trinajstić information content (AvgIpc) is 3.31. The average molecular weight is 340 g/mol. The van der Waals surface area contributed by atoms with Crippen LogP contribution in [-0.4, -0.2) is 51.8 Å². The minimum atomic E-state index is -0.163. The van der Waals surface area contributed by atoms with E-state index in [1.165, 1.54) is 0 Å². The number of amides is 1. The Kier molecular flexibility index (Phi) is 4.01. The standard InChI is InChI=1S/C18H20N4O3/c1-25-11-10-21-14-6-2-3-7-15(14)22-16(18(21)24)12-13(19-22)17(23)20-8-4-5-9-20/h2-3,6-7,12H,4-5,8-11H2,1H3. The van der Waals surface area contributed by atoms with Crippen molar-refractivity contribution in [3.05, 3.63) is 46.4 Å². The Morgan fingerprint density at radius 2 is 1.88 bits per heavy atom. The fraction of sp³-hybridized carbons (Fsp3) is 0.389. The minimum Gasteiger partial charge on any atom is -0.383 e. The summed E-state index contributed by atoms with van der Waals surface area (Å²) >= 11 is 0. The van der Waals surface area contributed by atoms with Gasteiger partial charge in [0.1, 0.15) is 5.52 Å². The first-order valence-electron chi connectivity index (χ1n) is 8.50. The number of aromatic nitrogens is 3. The van der Waals surface area contributed by atoms with Gasteiger partial charge in [0.05, 0.1) is 17.6 Å². The number of benzene rings is 1. The second-order valence-corrected chi connectivity index (χ2v) is 6.26. The second-order valence-electron chi connectivity index (χ2n) is 6.26. The normalized spacial score (nSPS) is 14.7. The Morgan fingerprint density at radius 3 is 2.60 bits per heavy atom. The van der Waals surface area contributed by atoms with Crippen LogP contribution in [0.1, 0.15) is 23.3 Å². The summed E-state index contributed by atoms with van der Waals surface area (Å²) in [6.45, 7) is 2.40. The van der Waals surface area contributed by atoms with E-state index in [2.05, 4.69) is 5.10 Å². The molecule has 2 aromatic heterocycles. The second kappa shape index (κ2) is 6.33. The van der Waals surface area contributed by atoms with E-state index in [0.717, 1.165) is 37.0 Å². The van der Waals surface area contributed by atoms with Crippen molar-refractivity contribution < 1.29 is 9.53 Å². The fourth-order valence-corrected chi connectivity index (χ4v) is 3.43. The lowest BCUT2D eigenvalue weighted by Gasteiger charge is -2.12. The fourth-order valence-electron chi connectivity index (χ4n) is 3.43. The zero-order chi connectivity index (χ0) is 17.4. The van der Waals surface area contributed by atoms with Crippen molar-refractivity contribution in [2.45, 2.75) is 19.4 Å². The number of ether oxygens (including phenoxy) is 1. The van der Waals surface area contributed by atoms with Crippen molar-refractivity contribution in [3.8, 4) is 0 Å². The van der Waals surface area contributed by atoms with Crippen LogP contribution in [-0.2, 0) is 11.3 Å². The number of carbonyl (C=O) groups is 1. The van der Waals surface area contributed by atoms with Crippen LogP contribution < -0.4 is 5.56 Å². The smallest absolute Gasteiger partial charge is 0.277 e. The lowest BCUT2D eigenvalue weighted by atomic mass is 10.2. The van der Waals surface area contributed by atoms with Gasteiger partial charge in [0.15, 0.2) is 5.69 Å². The maximum atomic E-state index is 12.9. The molecule has 1 aliphatic rings. The molecule has 1 aliphatic heterocycles. The summed E-state index contributed by atoms with van der Waals surface area (Å²) < 4.78 is 8.40. The van der Waals surface area contributed by atoms with Crippen LogP contribution in [0.2, 0.25) is 0 Å². The highest BCUT2D eigenvalue weighted by atomic mass is 16.5. The van der Waals surface area contributed by atoms with Crippen molar-refractivity contribution in [1.29, 1.82) is 0 Å². The summed E-state index contributed by atoms with van der Waals surface area (Å²) in [5, 5.41) is 4.45. The van der Waals surface area contributed by atoms with Crippen molar-refractivity contribution >= 4 is 22.5 Å². The number of methoxy groups -OCH3 is 1. The number of nitrogens with zero attached hydrogens (tertiary/aromatic N) is 4. The molecule has 3 aromatic rings. The van der Waals surface area contributed by atoms with Crippen LogP contribution in [0, 0.1) is 0 Å². The van der Waals surface area contributed by atoms with E-state index >= 15 is 0 Å². The maximum Gasteiger partial charge on any atom is 0.277 e. The van der Waals surface area contributed by atoms with Gasteiger partial charge in [-0.15, -0.1) is 0 Å². The molecule has 0 atom stereocenters. The van der Waals surface area contributed by atoms with Crippen molar-refractivity contribution in [3.63, 3.8) is 0 Å². The zero-order valence-electron chi connectivity index (χ0n) is 14.1. The molecule has 0 saturated carbocycles. The third-order valence-electron chi connectivity index (χ3n) is 4.71. The highest BCUT2D eigenvalue weighted by molar-refractivity contribution is 5.94. The molecule has 7 heteroatoms. The number of rotatable bonds is 4. The molecule has 4 rings (SSSR count). The maximum absolute atomic E-state index is 12.9. The molecule has 1 aromatic carbocycles. The predicted molar refractivity (Wildman–Crippen MR) is 94.0 cm³/mol. The minimum absolute atomic E-state index is 0.104. The van der Waals surface area contributed by atoms with E-state index in [4.69, 9.17) is 4.74 Å². The monoisotopic (exact) mass is 340 g/mol. The third-order valence-corrected chi connectivity index (χ3v) is 4.71. The van der Waals surface area contributed by atoms with Crippen LogP contribution >= 0.6 is 0 Å². The molecule has 0 bridgehead atoms. The van der Waals surface area contributed by atoms with Crippen molar-refractivity contribution in [1.82, 2.24) is 19.1 Å². The molecular weight excluding hydrogens is 320 g/mol. The molecule has 1 fully saturated rings. The number of hydrogen-bond acceptors (Lipinski definition) is 4. The molecule has 0 spiro atoms. The van der Waals surface area contributed by atoms with Crippen molar-refractivity contribution in [2.24, 2.45) is 0 Å². The van der Waals surface area contributed by atoms with Crippen LogP contribution in [0.3, 0.4) is 0 Å². The first-order chi connectivity index (χ1) is 12.2. The quantitative estimate of drug-likeness (QED) is 0.722. The summed E-state index contributed by atoms with van der Waals surface area (Å²) in [6, 6.07) is 9.18. The van der Waals surface area contributed by atoms with E-state index < -0.39 is 0 Å². The van der Waals surface area contributed by atoms with Gasteiger partial charge in [0, 0.05) is 32.8 Å². The lowest BCUT2D eigenvalue weighted by molar-refractivity contribution is 0.0787. The van der Waals surface area contributed by atoms with Gasteiger partial charge in [-0.25, -0.2) is 4.52 Å². The number of likely N-dealkylation sites (tertiary alicyclic amines) is 1. The molecule has 0 aliphatic carbocycles. The predicted octanol–water partition coefficient (Wildman–Crippen LogP) is 1.53. The van der Waals surface area contributed by atoms with E-state index in [1.807, 2.05) is 24.3 Å². The summed E-state index contributed by atoms with van der Waals surface area (Å²) in [7, 11) is 1.61. The number of carbonyl (C=O) groups excluding carboxylic acids is 1. The van der Waals surface area contributed by atoms with Crippen molar-refractivity contribution in [2.75, 3.05) is 26.8 Å². The number of hydrogen-bond donors (Lipinski definition) is 0. The molecule has 0 unspecified atom stereocenters. The van der Waals surface area contributed by atoms with E-state index in [1.54, 1.807) is 27.2 Å². The number of para-hydroxylation sites is 2. The largest absolute Gasteiger partial charge is 0.383 e. The topological polar surface area (TPSA) is 68.8 Å².